The van der Waals surface area contributed by atoms with Crippen LogP contribution in [0.25, 0.3) is 21.8 Å². The molecule has 1 aliphatic heterocycles. The van der Waals surface area contributed by atoms with E-state index in [1.54, 1.807) is 6.07 Å². The molecule has 1 atom stereocenters. The Morgan fingerprint density at radius 1 is 0.920 bits per heavy atom. The number of nitrogens with one attached hydrogen (secondary N) is 2. The largest absolute Gasteiger partial charge is 0.425 e. The third-order valence-corrected chi connectivity index (χ3v) is 4.84. The highest BCUT2D eigenvalue weighted by atomic mass is 16.5. The molecule has 2 aromatic carbocycles. The van der Waals surface area contributed by atoms with Gasteiger partial charge in [-0.25, -0.2) is 0 Å². The van der Waals surface area contributed by atoms with E-state index in [0.29, 0.717) is 16.8 Å². The van der Waals surface area contributed by atoms with Gasteiger partial charge in [-0.15, -0.1) is 0 Å². The highest BCUT2D eigenvalue weighted by Crippen LogP contribution is 2.41. The van der Waals surface area contributed by atoms with Gasteiger partial charge in [0.15, 0.2) is 0 Å². The first kappa shape index (κ1) is 14.0. The molecule has 5 heteroatoms. The highest BCUT2D eigenvalue weighted by Gasteiger charge is 2.33. The second kappa shape index (κ2) is 5.08. The van der Waals surface area contributed by atoms with Crippen LogP contribution in [0.5, 0.6) is 5.75 Å². The maximum absolute atomic E-state index is 12.8. The van der Waals surface area contributed by atoms with Crippen molar-refractivity contribution in [3.05, 3.63) is 76.2 Å². The van der Waals surface area contributed by atoms with Gasteiger partial charge >= 0.3 is 5.97 Å². The Balaban J connectivity index is 1.83. The summed E-state index contributed by atoms with van der Waals surface area (Å²) in [7, 11) is 0. The first-order valence-electron chi connectivity index (χ1n) is 8.14. The van der Waals surface area contributed by atoms with Crippen molar-refractivity contribution in [3.8, 4) is 5.75 Å². The Labute approximate surface area is 142 Å². The average molecular weight is 330 g/mol. The Morgan fingerprint density at radius 2 is 1.64 bits per heavy atom. The molecule has 0 fully saturated rings. The fraction of sp³-hybridized carbons (Fsp3) is 0.100. The van der Waals surface area contributed by atoms with Gasteiger partial charge in [0.05, 0.1) is 17.5 Å². The van der Waals surface area contributed by atoms with E-state index in [4.69, 9.17) is 4.74 Å². The van der Waals surface area contributed by atoms with Gasteiger partial charge in [-0.05, 0) is 23.8 Å². The topological polar surface area (TPSA) is 75.0 Å². The lowest BCUT2D eigenvalue weighted by molar-refractivity contribution is -0.135. The molecule has 2 N–H and O–H groups in total. The summed E-state index contributed by atoms with van der Waals surface area (Å²) in [5.74, 6) is -0.273. The number of H-pyrrole nitrogens is 2. The molecule has 25 heavy (non-hydrogen) atoms. The zero-order valence-electron chi connectivity index (χ0n) is 13.2. The number of aromatic nitrogens is 2. The molecule has 0 spiro atoms. The van der Waals surface area contributed by atoms with Crippen LogP contribution in [0.1, 0.15) is 23.5 Å². The Kier molecular flexibility index (Phi) is 2.85. The van der Waals surface area contributed by atoms with E-state index in [1.807, 2.05) is 48.7 Å². The number of rotatable bonds is 1. The van der Waals surface area contributed by atoms with E-state index in [0.717, 1.165) is 21.9 Å². The number of carbonyl (C=O) groups excluding carboxylic acids is 1. The Hall–Kier alpha value is -3.34. The van der Waals surface area contributed by atoms with Crippen molar-refractivity contribution in [1.82, 2.24) is 9.97 Å². The van der Waals surface area contributed by atoms with Crippen molar-refractivity contribution in [2.24, 2.45) is 0 Å². The summed E-state index contributed by atoms with van der Waals surface area (Å²) in [5.41, 5.74) is 2.89. The molecular formula is C20H14N2O3. The number of esters is 1. The van der Waals surface area contributed by atoms with Crippen molar-refractivity contribution >= 4 is 27.8 Å². The minimum atomic E-state index is -0.333. The van der Waals surface area contributed by atoms with Crippen LogP contribution in [0.15, 0.2) is 59.5 Å². The fourth-order valence-electron chi connectivity index (χ4n) is 3.73. The number of hydrogen-bond donors (Lipinski definition) is 2. The molecule has 0 saturated heterocycles. The van der Waals surface area contributed by atoms with Crippen molar-refractivity contribution in [2.45, 2.75) is 12.3 Å². The van der Waals surface area contributed by atoms with E-state index in [9.17, 15) is 9.59 Å². The molecule has 3 heterocycles. The standard InChI is InChI=1S/C20H14N2O3/c23-17-9-13(14-10-21-15-7-3-1-5-11(14)15)18-19(25-17)12-6-2-4-8-16(12)22-20(18)24/h1-8,10,13,21H,9H2,(H,22,24)/t13-/m0/s1. The second-order valence-corrected chi connectivity index (χ2v) is 6.26. The van der Waals surface area contributed by atoms with E-state index in [-0.39, 0.29) is 23.9 Å². The number of aromatic amines is 2. The number of pyridine rings is 1. The van der Waals surface area contributed by atoms with Gasteiger partial charge in [0.25, 0.3) is 5.56 Å². The minimum Gasteiger partial charge on any atom is -0.425 e. The van der Waals surface area contributed by atoms with E-state index < -0.39 is 0 Å². The van der Waals surface area contributed by atoms with Crippen LogP contribution in [-0.4, -0.2) is 15.9 Å². The number of para-hydroxylation sites is 2. The quantitative estimate of drug-likeness (QED) is 0.525. The lowest BCUT2D eigenvalue weighted by Gasteiger charge is -2.24. The number of fused-ring (bicyclic) bond motifs is 4. The normalized spacial score (nSPS) is 16.8. The van der Waals surface area contributed by atoms with Crippen LogP contribution in [0, 0.1) is 0 Å². The van der Waals surface area contributed by atoms with Gasteiger partial charge in [-0.3, -0.25) is 9.59 Å². The number of carbonyl (C=O) groups is 1. The third kappa shape index (κ3) is 2.02. The monoisotopic (exact) mass is 330 g/mol. The number of ether oxygens (including phenoxy) is 1. The number of hydrogen-bond acceptors (Lipinski definition) is 3. The molecule has 2 aromatic heterocycles. The summed E-state index contributed by atoms with van der Waals surface area (Å²) in [6, 6.07) is 15.2. The molecule has 0 amide bonds. The smallest absolute Gasteiger partial charge is 0.312 e. The SMILES string of the molecule is O=C1C[C@@H](c2c[nH]c3ccccc23)c2c(c3ccccc3[nH]c2=O)O1. The van der Waals surface area contributed by atoms with Gasteiger partial charge in [-0.1, -0.05) is 30.3 Å². The predicted octanol–water partition coefficient (Wildman–Crippen LogP) is 3.45. The molecule has 122 valence electrons. The van der Waals surface area contributed by atoms with Crippen LogP contribution in [0.4, 0.5) is 0 Å². The summed E-state index contributed by atoms with van der Waals surface area (Å²) in [6.45, 7) is 0. The Morgan fingerprint density at radius 3 is 2.48 bits per heavy atom. The molecule has 4 aromatic rings. The van der Waals surface area contributed by atoms with E-state index in [1.165, 1.54) is 0 Å². The molecule has 0 bridgehead atoms. The van der Waals surface area contributed by atoms with Gasteiger partial charge in [0.1, 0.15) is 5.75 Å². The molecule has 1 aliphatic rings. The molecule has 5 rings (SSSR count). The summed E-state index contributed by atoms with van der Waals surface area (Å²) in [4.78, 5) is 31.2. The zero-order valence-corrected chi connectivity index (χ0v) is 13.2. The van der Waals surface area contributed by atoms with Gasteiger partial charge < -0.3 is 14.7 Å². The maximum atomic E-state index is 12.8. The molecule has 0 radical (unpaired) electrons. The molecule has 0 unspecified atom stereocenters. The minimum absolute atomic E-state index is 0.149. The van der Waals surface area contributed by atoms with Crippen LogP contribution >= 0.6 is 0 Å². The summed E-state index contributed by atoms with van der Waals surface area (Å²) in [6.07, 6.45) is 2.03. The van der Waals surface area contributed by atoms with E-state index >= 15 is 0 Å². The van der Waals surface area contributed by atoms with Crippen molar-refractivity contribution in [3.63, 3.8) is 0 Å². The van der Waals surface area contributed by atoms with Crippen LogP contribution in [0.3, 0.4) is 0 Å². The number of benzene rings is 2. The van der Waals surface area contributed by atoms with Gasteiger partial charge in [0.2, 0.25) is 0 Å². The zero-order chi connectivity index (χ0) is 17.0. The van der Waals surface area contributed by atoms with Crippen LogP contribution in [0.2, 0.25) is 0 Å². The second-order valence-electron chi connectivity index (χ2n) is 6.26. The molecule has 5 nitrogen and oxygen atoms in total. The molecular weight excluding hydrogens is 316 g/mol. The van der Waals surface area contributed by atoms with Gasteiger partial charge in [0, 0.05) is 28.4 Å². The third-order valence-electron chi connectivity index (χ3n) is 4.84. The van der Waals surface area contributed by atoms with Crippen LogP contribution < -0.4 is 10.3 Å². The summed E-state index contributed by atoms with van der Waals surface area (Å²) >= 11 is 0. The lowest BCUT2D eigenvalue weighted by atomic mass is 9.86. The molecule has 0 aliphatic carbocycles. The average Bonchev–Trinajstić information content (AvgIpc) is 3.05. The summed E-state index contributed by atoms with van der Waals surface area (Å²) in [5, 5.41) is 1.76. The Bertz CT molecular complexity index is 1200. The van der Waals surface area contributed by atoms with E-state index in [2.05, 4.69) is 9.97 Å². The highest BCUT2D eigenvalue weighted by molar-refractivity contribution is 5.93. The first-order chi connectivity index (χ1) is 12.2. The van der Waals surface area contributed by atoms with Crippen molar-refractivity contribution < 1.29 is 9.53 Å². The van der Waals surface area contributed by atoms with Crippen molar-refractivity contribution in [2.75, 3.05) is 0 Å². The maximum Gasteiger partial charge on any atom is 0.312 e. The fourth-order valence-corrected chi connectivity index (χ4v) is 3.73. The predicted molar refractivity (Wildman–Crippen MR) is 95.0 cm³/mol. The van der Waals surface area contributed by atoms with Crippen LogP contribution in [-0.2, 0) is 4.79 Å². The van der Waals surface area contributed by atoms with Crippen molar-refractivity contribution in [1.29, 1.82) is 0 Å². The van der Waals surface area contributed by atoms with Gasteiger partial charge in [-0.2, -0.15) is 0 Å². The molecule has 0 saturated carbocycles. The lowest BCUT2D eigenvalue weighted by Crippen LogP contribution is -2.28. The first-order valence-corrected chi connectivity index (χ1v) is 8.14. The summed E-state index contributed by atoms with van der Waals surface area (Å²) < 4.78 is 5.50.